The third-order valence-corrected chi connectivity index (χ3v) is 7.62. The predicted molar refractivity (Wildman–Crippen MR) is 154 cm³/mol. The molecule has 1 amide bonds. The van der Waals surface area contributed by atoms with Gasteiger partial charge in [-0.05, 0) is 57.4 Å². The lowest BCUT2D eigenvalue weighted by Crippen LogP contribution is -2.48. The zero-order chi connectivity index (χ0) is 28.6. The van der Waals surface area contributed by atoms with Gasteiger partial charge >= 0.3 is 0 Å². The van der Waals surface area contributed by atoms with Gasteiger partial charge in [0.2, 0.25) is 5.95 Å². The van der Waals surface area contributed by atoms with Gasteiger partial charge in [-0.15, -0.1) is 5.10 Å². The van der Waals surface area contributed by atoms with Gasteiger partial charge in [0.25, 0.3) is 5.91 Å². The summed E-state index contributed by atoms with van der Waals surface area (Å²) >= 11 is 0. The van der Waals surface area contributed by atoms with Gasteiger partial charge in [-0.2, -0.15) is 5.10 Å². The zero-order valence-electron chi connectivity index (χ0n) is 23.9. The number of hydrogen-bond donors (Lipinski definition) is 2. The number of ether oxygens (including phenoxy) is 1. The molecule has 41 heavy (non-hydrogen) atoms. The van der Waals surface area contributed by atoms with Gasteiger partial charge < -0.3 is 15.4 Å². The lowest BCUT2D eigenvalue weighted by molar-refractivity contribution is -0.0678. The van der Waals surface area contributed by atoms with Gasteiger partial charge in [-0.3, -0.25) is 14.4 Å². The van der Waals surface area contributed by atoms with Crippen molar-refractivity contribution in [3.05, 3.63) is 65.9 Å². The van der Waals surface area contributed by atoms with Crippen molar-refractivity contribution < 1.29 is 9.53 Å². The lowest BCUT2D eigenvalue weighted by Gasteiger charge is -2.36. The van der Waals surface area contributed by atoms with Gasteiger partial charge in [0.05, 0.1) is 54.6 Å². The first kappa shape index (κ1) is 27.0. The molecule has 2 aliphatic rings. The molecule has 0 radical (unpaired) electrons. The minimum Gasteiger partial charge on any atom is -0.378 e. The summed E-state index contributed by atoms with van der Waals surface area (Å²) in [7, 11) is 0. The van der Waals surface area contributed by atoms with Crippen LogP contribution >= 0.6 is 0 Å². The first-order valence-electron chi connectivity index (χ1n) is 14.1. The van der Waals surface area contributed by atoms with Crippen LogP contribution in [-0.2, 0) is 23.4 Å². The Kier molecular flexibility index (Phi) is 7.26. The van der Waals surface area contributed by atoms with Crippen molar-refractivity contribution in [1.82, 2.24) is 45.0 Å². The highest BCUT2D eigenvalue weighted by molar-refractivity contribution is 5.92. The molecule has 3 aromatic heterocycles. The van der Waals surface area contributed by atoms with Gasteiger partial charge in [-0.1, -0.05) is 17.3 Å². The Morgan fingerprint density at radius 3 is 2.73 bits per heavy atom. The summed E-state index contributed by atoms with van der Waals surface area (Å²) in [6.45, 7) is 12.0. The molecule has 5 heterocycles. The van der Waals surface area contributed by atoms with Crippen LogP contribution in [0.2, 0.25) is 0 Å². The van der Waals surface area contributed by atoms with E-state index < -0.39 is 0 Å². The maximum absolute atomic E-state index is 13.3. The normalized spacial score (nSPS) is 17.9. The molecular formula is C29H36N10O2. The van der Waals surface area contributed by atoms with Gasteiger partial charge in [0.15, 0.2) is 5.69 Å². The van der Waals surface area contributed by atoms with Crippen LogP contribution in [0.15, 0.2) is 49.1 Å². The molecule has 2 N–H and O–H groups in total. The average molecular weight is 557 g/mol. The maximum atomic E-state index is 13.3. The fraction of sp³-hybridized carbons (Fsp3) is 0.448. The van der Waals surface area contributed by atoms with E-state index in [2.05, 4.69) is 54.1 Å². The quantitative estimate of drug-likeness (QED) is 0.351. The highest BCUT2D eigenvalue weighted by Gasteiger charge is 2.32. The summed E-state index contributed by atoms with van der Waals surface area (Å²) in [4.78, 5) is 24.9. The smallest absolute Gasteiger partial charge is 0.273 e. The Labute approximate surface area is 239 Å². The maximum Gasteiger partial charge on any atom is 0.273 e. The lowest BCUT2D eigenvalue weighted by atomic mass is 9.96. The van der Waals surface area contributed by atoms with Crippen molar-refractivity contribution in [1.29, 1.82) is 0 Å². The summed E-state index contributed by atoms with van der Waals surface area (Å²) < 4.78 is 9.06. The Hall–Kier alpha value is -4.16. The molecule has 0 aliphatic carbocycles. The minimum absolute atomic E-state index is 0.157. The van der Waals surface area contributed by atoms with Gasteiger partial charge in [0.1, 0.15) is 0 Å². The molecule has 0 unspecified atom stereocenters. The van der Waals surface area contributed by atoms with E-state index in [9.17, 15) is 4.79 Å². The number of carbonyl (C=O) groups excluding carboxylic acids is 1. The fourth-order valence-electron chi connectivity index (χ4n) is 5.12. The number of nitrogens with one attached hydrogen (secondary N) is 2. The van der Waals surface area contributed by atoms with E-state index in [4.69, 9.17) is 9.72 Å². The topological polar surface area (TPSA) is 128 Å². The minimum atomic E-state index is -0.254. The molecule has 12 heteroatoms. The molecule has 4 aromatic rings. The Morgan fingerprint density at radius 1 is 1.17 bits per heavy atom. The van der Waals surface area contributed by atoms with E-state index in [1.54, 1.807) is 23.3 Å². The number of carbonyl (C=O) groups is 1. The third-order valence-electron chi connectivity index (χ3n) is 7.62. The number of hydrogen-bond acceptors (Lipinski definition) is 9. The predicted octanol–water partition coefficient (Wildman–Crippen LogP) is 3.53. The van der Waals surface area contributed by atoms with Crippen LogP contribution in [0.5, 0.6) is 0 Å². The molecule has 0 bridgehead atoms. The van der Waals surface area contributed by atoms with E-state index in [1.165, 1.54) is 0 Å². The van der Waals surface area contributed by atoms with Crippen molar-refractivity contribution in [2.24, 2.45) is 0 Å². The monoisotopic (exact) mass is 556 g/mol. The van der Waals surface area contributed by atoms with Gasteiger partial charge in [0, 0.05) is 37.6 Å². The van der Waals surface area contributed by atoms with Crippen LogP contribution in [0.4, 0.5) is 11.6 Å². The van der Waals surface area contributed by atoms with E-state index >= 15 is 0 Å². The Balaban J connectivity index is 1.27. The van der Waals surface area contributed by atoms with Crippen molar-refractivity contribution >= 4 is 17.5 Å². The third kappa shape index (κ3) is 5.84. The van der Waals surface area contributed by atoms with Crippen LogP contribution in [-0.4, -0.2) is 71.3 Å². The van der Waals surface area contributed by atoms with Crippen molar-refractivity contribution in [2.45, 2.75) is 64.8 Å². The van der Waals surface area contributed by atoms with E-state index in [0.29, 0.717) is 17.7 Å². The summed E-state index contributed by atoms with van der Waals surface area (Å²) in [6.07, 6.45) is 7.94. The fourth-order valence-corrected chi connectivity index (χ4v) is 5.12. The molecule has 6 rings (SSSR count). The molecule has 12 nitrogen and oxygen atoms in total. The average Bonchev–Trinajstić information content (AvgIpc) is 3.57. The number of fused-ring (bicyclic) bond motifs is 1. The molecule has 214 valence electrons. The van der Waals surface area contributed by atoms with E-state index in [1.807, 2.05) is 44.6 Å². The molecule has 1 fully saturated rings. The number of rotatable bonds is 7. The molecule has 0 spiro atoms. The first-order valence-corrected chi connectivity index (χ1v) is 14.1. The number of benzene rings is 1. The number of amides is 1. The van der Waals surface area contributed by atoms with Crippen LogP contribution < -0.4 is 10.6 Å². The molecule has 1 saturated heterocycles. The number of nitrogens with zero attached hydrogens (tertiary/aromatic N) is 8. The number of aryl methyl sites for hydroxylation is 1. The first-order chi connectivity index (χ1) is 19.8. The number of anilines is 2. The molecular weight excluding hydrogens is 520 g/mol. The molecule has 1 atom stereocenters. The standard InChI is InChI=1S/C29H36N10O2/c1-5-38-15-21(13-31-38)32-28-30-10-8-24(34-28)19-6-7-23-20(12-19)14-37(22-17-41-18-22)11-9-25(23)33-27(40)26-16-39(36-35-26)29(2,3)4/h6-8,10,12-13,15-16,22,25H,5,9,11,14,17-18H2,1-4H3,(H,33,40)(H,30,32,34)/t25-/m0/s1. The summed E-state index contributed by atoms with van der Waals surface area (Å²) in [5.74, 6) is 0.286. The van der Waals surface area contributed by atoms with E-state index in [-0.39, 0.29) is 17.5 Å². The summed E-state index contributed by atoms with van der Waals surface area (Å²) in [6, 6.07) is 8.50. The molecule has 0 saturated carbocycles. The SMILES string of the molecule is CCn1cc(Nc2nccc(-c3ccc4c(c3)CN(C3COC3)CC[C@@H]4NC(=O)c3cn(C(C)(C)C)nn3)n2)cn1. The number of aromatic nitrogens is 7. The van der Waals surface area contributed by atoms with Crippen molar-refractivity contribution in [3.63, 3.8) is 0 Å². The Morgan fingerprint density at radius 2 is 2.02 bits per heavy atom. The van der Waals surface area contributed by atoms with Crippen LogP contribution in [0.25, 0.3) is 11.3 Å². The Bertz CT molecular complexity index is 1530. The molecule has 2 aliphatic heterocycles. The van der Waals surface area contributed by atoms with E-state index in [0.717, 1.165) is 67.3 Å². The van der Waals surface area contributed by atoms with Crippen LogP contribution in [0, 0.1) is 0 Å². The van der Waals surface area contributed by atoms with Gasteiger partial charge in [-0.25, -0.2) is 14.6 Å². The largest absolute Gasteiger partial charge is 0.378 e. The zero-order valence-corrected chi connectivity index (χ0v) is 23.9. The second-order valence-electron chi connectivity index (χ2n) is 11.6. The van der Waals surface area contributed by atoms with Crippen LogP contribution in [0.3, 0.4) is 0 Å². The van der Waals surface area contributed by atoms with Crippen molar-refractivity contribution in [3.8, 4) is 11.3 Å². The second kappa shape index (κ2) is 11.0. The van der Waals surface area contributed by atoms with Crippen LogP contribution in [0.1, 0.15) is 61.8 Å². The highest BCUT2D eigenvalue weighted by atomic mass is 16.5. The summed E-state index contributed by atoms with van der Waals surface area (Å²) in [5.41, 5.74) is 4.97. The highest BCUT2D eigenvalue weighted by Crippen LogP contribution is 2.32. The second-order valence-corrected chi connectivity index (χ2v) is 11.6. The summed E-state index contributed by atoms with van der Waals surface area (Å²) in [5, 5.41) is 19.1. The van der Waals surface area contributed by atoms with Crippen molar-refractivity contribution in [2.75, 3.05) is 25.1 Å². The molecule has 1 aromatic carbocycles.